The second-order valence-electron chi connectivity index (χ2n) is 2.16. The lowest BCUT2D eigenvalue weighted by Crippen LogP contribution is -2.22. The maximum atomic E-state index is 10.2. The van der Waals surface area contributed by atoms with E-state index in [1.54, 1.807) is 0 Å². The molecule has 1 aliphatic heterocycles. The minimum absolute atomic E-state index is 0. The fraction of sp³-hybridized carbons (Fsp3) is 0.800. The van der Waals surface area contributed by atoms with Gasteiger partial charge < -0.3 is 15.6 Å². The number of hydrogen-bond acceptors (Lipinski definition) is 3. The lowest BCUT2D eigenvalue weighted by Gasteiger charge is -1.98. The molecule has 4 nitrogen and oxygen atoms in total. The van der Waals surface area contributed by atoms with Gasteiger partial charge in [0, 0.05) is 12.5 Å². The molecule has 0 radical (unpaired) electrons. The predicted molar refractivity (Wildman–Crippen MR) is 37.2 cm³/mol. The van der Waals surface area contributed by atoms with Crippen molar-refractivity contribution in [1.82, 2.24) is 0 Å². The van der Waals surface area contributed by atoms with Gasteiger partial charge in [0.05, 0.1) is 6.61 Å². The Kier molecular flexibility index (Phi) is 3.63. The number of halogens is 1. The van der Waals surface area contributed by atoms with Crippen LogP contribution in [0.3, 0.4) is 0 Å². The Hall–Kier alpha value is -0.320. The molecule has 2 atom stereocenters. The van der Waals surface area contributed by atoms with Gasteiger partial charge in [0.1, 0.15) is 0 Å². The molecule has 0 aromatic carbocycles. The van der Waals surface area contributed by atoms with Crippen molar-refractivity contribution >= 4 is 18.4 Å². The number of nitrogens with two attached hydrogens (primary N) is 1. The van der Waals surface area contributed by atoms with Crippen molar-refractivity contribution in [3.8, 4) is 0 Å². The van der Waals surface area contributed by atoms with E-state index >= 15 is 0 Å². The summed E-state index contributed by atoms with van der Waals surface area (Å²) in [5.74, 6) is -0.914. The molecule has 0 aromatic rings. The molecule has 0 aromatic heterocycles. The number of ether oxygens (including phenoxy) is 1. The third-order valence-electron chi connectivity index (χ3n) is 1.30. The van der Waals surface area contributed by atoms with Crippen molar-refractivity contribution in [3.05, 3.63) is 0 Å². The molecule has 10 heavy (non-hydrogen) atoms. The van der Waals surface area contributed by atoms with Crippen LogP contribution in [0.15, 0.2) is 0 Å². The fourth-order valence-electron chi connectivity index (χ4n) is 0.823. The van der Waals surface area contributed by atoms with E-state index in [0.717, 1.165) is 0 Å². The zero-order valence-electron chi connectivity index (χ0n) is 5.32. The highest BCUT2D eigenvalue weighted by molar-refractivity contribution is 5.85. The summed E-state index contributed by atoms with van der Waals surface area (Å²) < 4.78 is 4.80. The Morgan fingerprint density at radius 3 is 2.50 bits per heavy atom. The SMILES string of the molecule is Cl.N[C@H]1CO[C@H](C(=O)O)C1. The molecular formula is C5H10ClNO3. The molecule has 0 bridgehead atoms. The van der Waals surface area contributed by atoms with Crippen LogP contribution in [0.4, 0.5) is 0 Å². The van der Waals surface area contributed by atoms with Gasteiger partial charge in [0.2, 0.25) is 0 Å². The van der Waals surface area contributed by atoms with E-state index < -0.39 is 12.1 Å². The van der Waals surface area contributed by atoms with Crippen molar-refractivity contribution in [2.75, 3.05) is 6.61 Å². The van der Waals surface area contributed by atoms with Crippen molar-refractivity contribution in [2.24, 2.45) is 5.73 Å². The van der Waals surface area contributed by atoms with E-state index in [9.17, 15) is 4.79 Å². The fourth-order valence-corrected chi connectivity index (χ4v) is 0.823. The Morgan fingerprint density at radius 2 is 2.30 bits per heavy atom. The van der Waals surface area contributed by atoms with Crippen LogP contribution in [-0.2, 0) is 9.53 Å². The predicted octanol–water partition coefficient (Wildman–Crippen LogP) is -0.391. The topological polar surface area (TPSA) is 72.5 Å². The molecule has 0 aliphatic carbocycles. The standard InChI is InChI=1S/C5H9NO3.ClH/c6-3-1-4(5(7)8)9-2-3;/h3-4H,1-2,6H2,(H,7,8);1H/t3-,4+;/m1./s1. The van der Waals surface area contributed by atoms with Gasteiger partial charge in [-0.1, -0.05) is 0 Å². The molecule has 0 spiro atoms. The Morgan fingerprint density at radius 1 is 1.70 bits per heavy atom. The van der Waals surface area contributed by atoms with Crippen LogP contribution in [0.25, 0.3) is 0 Å². The zero-order chi connectivity index (χ0) is 6.85. The smallest absolute Gasteiger partial charge is 0.332 e. The van der Waals surface area contributed by atoms with Crippen LogP contribution >= 0.6 is 12.4 Å². The van der Waals surface area contributed by atoms with Gasteiger partial charge in [-0.05, 0) is 0 Å². The van der Waals surface area contributed by atoms with Crippen LogP contribution < -0.4 is 5.73 Å². The first kappa shape index (κ1) is 9.68. The normalized spacial score (nSPS) is 31.3. The van der Waals surface area contributed by atoms with Crippen LogP contribution in [0.1, 0.15) is 6.42 Å². The molecule has 1 heterocycles. The number of carbonyl (C=O) groups is 1. The van der Waals surface area contributed by atoms with E-state index in [1.165, 1.54) is 0 Å². The summed E-state index contributed by atoms with van der Waals surface area (Å²) in [6.45, 7) is 0.372. The van der Waals surface area contributed by atoms with Gasteiger partial charge in [0.25, 0.3) is 0 Å². The van der Waals surface area contributed by atoms with Crippen LogP contribution in [0.5, 0.6) is 0 Å². The van der Waals surface area contributed by atoms with E-state index in [1.807, 2.05) is 0 Å². The monoisotopic (exact) mass is 167 g/mol. The van der Waals surface area contributed by atoms with Gasteiger partial charge in [-0.15, -0.1) is 12.4 Å². The van der Waals surface area contributed by atoms with E-state index in [-0.39, 0.29) is 18.4 Å². The lowest BCUT2D eigenvalue weighted by molar-refractivity contribution is -0.147. The third-order valence-corrected chi connectivity index (χ3v) is 1.30. The van der Waals surface area contributed by atoms with Crippen molar-refractivity contribution < 1.29 is 14.6 Å². The second-order valence-corrected chi connectivity index (χ2v) is 2.16. The summed E-state index contributed by atoms with van der Waals surface area (Å²) in [6, 6.07) is -0.0916. The molecule has 0 amide bonds. The Bertz CT molecular complexity index is 130. The molecule has 3 N–H and O–H groups in total. The number of carboxylic acid groups (broad SMARTS) is 1. The first-order valence-electron chi connectivity index (χ1n) is 2.80. The molecule has 60 valence electrons. The first-order chi connectivity index (χ1) is 4.20. The third kappa shape index (κ3) is 2.13. The van der Waals surface area contributed by atoms with Crippen molar-refractivity contribution in [3.63, 3.8) is 0 Å². The molecule has 1 rings (SSSR count). The van der Waals surface area contributed by atoms with E-state index in [4.69, 9.17) is 15.6 Å². The zero-order valence-corrected chi connectivity index (χ0v) is 6.13. The first-order valence-corrected chi connectivity index (χ1v) is 2.80. The van der Waals surface area contributed by atoms with E-state index in [2.05, 4.69) is 0 Å². The largest absolute Gasteiger partial charge is 0.479 e. The van der Waals surface area contributed by atoms with Gasteiger partial charge in [-0.3, -0.25) is 0 Å². The van der Waals surface area contributed by atoms with Gasteiger partial charge in [0.15, 0.2) is 6.10 Å². The summed E-state index contributed by atoms with van der Waals surface area (Å²) in [5.41, 5.74) is 5.37. The molecule has 0 unspecified atom stereocenters. The quantitative estimate of drug-likeness (QED) is 0.558. The molecule has 1 saturated heterocycles. The average molecular weight is 168 g/mol. The number of hydrogen-bond donors (Lipinski definition) is 2. The Balaban J connectivity index is 0.000000810. The average Bonchev–Trinajstić information content (AvgIpc) is 2.14. The van der Waals surface area contributed by atoms with Crippen molar-refractivity contribution in [2.45, 2.75) is 18.6 Å². The minimum Gasteiger partial charge on any atom is -0.479 e. The lowest BCUT2D eigenvalue weighted by atomic mass is 10.2. The second kappa shape index (κ2) is 3.75. The molecule has 1 aliphatic rings. The Labute approximate surface area is 64.8 Å². The highest BCUT2D eigenvalue weighted by Crippen LogP contribution is 2.10. The van der Waals surface area contributed by atoms with Crippen LogP contribution in [0.2, 0.25) is 0 Å². The van der Waals surface area contributed by atoms with Gasteiger partial charge >= 0.3 is 5.97 Å². The summed E-state index contributed by atoms with van der Waals surface area (Å²) in [4.78, 5) is 10.2. The number of carboxylic acids is 1. The summed E-state index contributed by atoms with van der Waals surface area (Å²) in [6.07, 6.45) is -0.227. The van der Waals surface area contributed by atoms with Crippen LogP contribution in [-0.4, -0.2) is 29.8 Å². The highest BCUT2D eigenvalue weighted by Gasteiger charge is 2.27. The van der Waals surface area contributed by atoms with Gasteiger partial charge in [-0.25, -0.2) is 4.79 Å². The molecule has 5 heteroatoms. The number of aliphatic carboxylic acids is 1. The van der Waals surface area contributed by atoms with E-state index in [0.29, 0.717) is 13.0 Å². The maximum absolute atomic E-state index is 10.2. The summed E-state index contributed by atoms with van der Waals surface area (Å²) in [7, 11) is 0. The number of rotatable bonds is 1. The van der Waals surface area contributed by atoms with Crippen LogP contribution in [0, 0.1) is 0 Å². The maximum Gasteiger partial charge on any atom is 0.332 e. The minimum atomic E-state index is -0.914. The molecule has 1 fully saturated rings. The summed E-state index contributed by atoms with van der Waals surface area (Å²) >= 11 is 0. The van der Waals surface area contributed by atoms with Gasteiger partial charge in [-0.2, -0.15) is 0 Å². The van der Waals surface area contributed by atoms with Crippen molar-refractivity contribution in [1.29, 1.82) is 0 Å². The summed E-state index contributed by atoms with van der Waals surface area (Å²) in [5, 5.41) is 8.35. The molecular weight excluding hydrogens is 158 g/mol. The highest BCUT2D eigenvalue weighted by atomic mass is 35.5. The molecule has 0 saturated carbocycles.